The van der Waals surface area contributed by atoms with Crippen molar-refractivity contribution in [1.29, 1.82) is 0 Å². The van der Waals surface area contributed by atoms with Crippen LogP contribution in [0.5, 0.6) is 0 Å². The number of fused-ring (bicyclic) bond motifs is 1. The van der Waals surface area contributed by atoms with Gasteiger partial charge < -0.3 is 5.32 Å². The van der Waals surface area contributed by atoms with E-state index in [4.69, 9.17) is 0 Å². The van der Waals surface area contributed by atoms with Crippen LogP contribution in [-0.2, 0) is 10.0 Å². The van der Waals surface area contributed by atoms with Crippen molar-refractivity contribution < 1.29 is 17.2 Å². The summed E-state index contributed by atoms with van der Waals surface area (Å²) in [5.41, 5.74) is -0.145. The van der Waals surface area contributed by atoms with Crippen molar-refractivity contribution in [3.8, 4) is 0 Å². The maximum Gasteiger partial charge on any atom is 0.285 e. The summed E-state index contributed by atoms with van der Waals surface area (Å²) >= 11 is 0. The van der Waals surface area contributed by atoms with Crippen LogP contribution in [0.25, 0.3) is 0 Å². The van der Waals surface area contributed by atoms with Gasteiger partial charge in [0.05, 0.1) is 0 Å². The molecule has 1 heterocycles. The smallest absolute Gasteiger partial charge is 0.285 e. The Morgan fingerprint density at radius 1 is 0.950 bits per heavy atom. The van der Waals surface area contributed by atoms with Gasteiger partial charge >= 0.3 is 0 Å². The van der Waals surface area contributed by atoms with Crippen LogP contribution in [0.4, 0.5) is 14.5 Å². The van der Waals surface area contributed by atoms with E-state index >= 15 is 0 Å². The van der Waals surface area contributed by atoms with E-state index in [1.807, 2.05) is 0 Å². The Morgan fingerprint density at radius 2 is 1.60 bits per heavy atom. The summed E-state index contributed by atoms with van der Waals surface area (Å²) in [7, 11) is -3.82. The number of sulfonamides is 1. The third-order valence-corrected chi connectivity index (χ3v) is 4.17. The highest BCUT2D eigenvalue weighted by Crippen LogP contribution is 2.28. The van der Waals surface area contributed by atoms with Crippen molar-refractivity contribution in [2.24, 2.45) is 4.40 Å². The first kappa shape index (κ1) is 12.7. The molecule has 1 N–H and O–H groups in total. The Kier molecular flexibility index (Phi) is 2.79. The molecule has 102 valence electrons. The van der Waals surface area contributed by atoms with Crippen molar-refractivity contribution in [3.63, 3.8) is 0 Å². The molecule has 0 amide bonds. The molecule has 2 aromatic carbocycles. The topological polar surface area (TPSA) is 58.5 Å². The molecule has 0 aromatic heterocycles. The quantitative estimate of drug-likeness (QED) is 0.879. The van der Waals surface area contributed by atoms with Gasteiger partial charge in [-0.25, -0.2) is 8.78 Å². The van der Waals surface area contributed by atoms with Gasteiger partial charge in [0, 0.05) is 5.56 Å². The fourth-order valence-electron chi connectivity index (χ4n) is 1.93. The number of nitrogens with zero attached hydrogens (tertiary/aromatic N) is 1. The molecule has 3 rings (SSSR count). The summed E-state index contributed by atoms with van der Waals surface area (Å²) in [6, 6.07) is 9.44. The summed E-state index contributed by atoms with van der Waals surface area (Å²) in [5, 5.41) is 2.41. The van der Waals surface area contributed by atoms with Gasteiger partial charge in [-0.05, 0) is 24.3 Å². The molecule has 0 saturated heterocycles. The first-order chi connectivity index (χ1) is 9.49. The van der Waals surface area contributed by atoms with Crippen molar-refractivity contribution in [2.45, 2.75) is 4.90 Å². The lowest BCUT2D eigenvalue weighted by molar-refractivity contribution is 0.591. The van der Waals surface area contributed by atoms with Crippen LogP contribution in [0.1, 0.15) is 5.56 Å². The van der Waals surface area contributed by atoms with Crippen molar-refractivity contribution in [2.75, 3.05) is 5.32 Å². The molecule has 4 nitrogen and oxygen atoms in total. The van der Waals surface area contributed by atoms with E-state index in [2.05, 4.69) is 9.71 Å². The average molecular weight is 294 g/mol. The first-order valence-electron chi connectivity index (χ1n) is 5.64. The Balaban J connectivity index is 2.10. The highest BCUT2D eigenvalue weighted by Gasteiger charge is 2.29. The summed E-state index contributed by atoms with van der Waals surface area (Å²) in [5.74, 6) is -1.74. The second-order valence-electron chi connectivity index (χ2n) is 4.13. The Hall–Kier alpha value is -2.28. The number of benzene rings is 2. The number of rotatable bonds is 1. The lowest BCUT2D eigenvalue weighted by Gasteiger charge is -2.08. The van der Waals surface area contributed by atoms with Crippen LogP contribution in [0.2, 0.25) is 0 Å². The summed E-state index contributed by atoms with van der Waals surface area (Å²) in [6.45, 7) is 0. The minimum atomic E-state index is -3.82. The van der Waals surface area contributed by atoms with E-state index in [9.17, 15) is 17.2 Å². The van der Waals surface area contributed by atoms with Gasteiger partial charge in [0.25, 0.3) is 10.0 Å². The first-order valence-corrected chi connectivity index (χ1v) is 7.08. The van der Waals surface area contributed by atoms with Gasteiger partial charge in [-0.2, -0.15) is 8.42 Å². The van der Waals surface area contributed by atoms with Gasteiger partial charge in [0.2, 0.25) is 0 Å². The van der Waals surface area contributed by atoms with Crippen LogP contribution >= 0.6 is 0 Å². The van der Waals surface area contributed by atoms with Crippen molar-refractivity contribution >= 4 is 21.5 Å². The molecule has 0 spiro atoms. The highest BCUT2D eigenvalue weighted by molar-refractivity contribution is 7.90. The highest BCUT2D eigenvalue weighted by atomic mass is 32.2. The van der Waals surface area contributed by atoms with Gasteiger partial charge in [0.1, 0.15) is 22.2 Å². The molecule has 2 aromatic rings. The molecule has 0 aliphatic carbocycles. The molecular formula is C13H8F2N2O2S. The fraction of sp³-hybridized carbons (Fsp3) is 0. The number of hydrogen-bond acceptors (Lipinski definition) is 3. The normalized spacial score (nSPS) is 15.6. The van der Waals surface area contributed by atoms with Crippen molar-refractivity contribution in [3.05, 3.63) is 59.7 Å². The largest absolute Gasteiger partial charge is 0.334 e. The monoisotopic (exact) mass is 294 g/mol. The Morgan fingerprint density at radius 3 is 2.30 bits per heavy atom. The second kappa shape index (κ2) is 4.38. The lowest BCUT2D eigenvalue weighted by Crippen LogP contribution is -2.13. The van der Waals surface area contributed by atoms with E-state index in [-0.39, 0.29) is 16.3 Å². The molecule has 0 atom stereocenters. The van der Waals surface area contributed by atoms with E-state index in [1.54, 1.807) is 12.1 Å². The molecular weight excluding hydrogens is 286 g/mol. The maximum atomic E-state index is 13.6. The molecule has 1 aliphatic heterocycles. The summed E-state index contributed by atoms with van der Waals surface area (Å²) in [4.78, 5) is 0.0132. The number of amidine groups is 1. The molecule has 1 aliphatic rings. The predicted molar refractivity (Wildman–Crippen MR) is 70.1 cm³/mol. The third kappa shape index (κ3) is 1.96. The molecule has 0 fully saturated rings. The maximum absolute atomic E-state index is 13.6. The third-order valence-electron chi connectivity index (χ3n) is 2.84. The second-order valence-corrected chi connectivity index (χ2v) is 5.71. The molecule has 7 heteroatoms. The van der Waals surface area contributed by atoms with Crippen molar-refractivity contribution in [1.82, 2.24) is 0 Å². The average Bonchev–Trinajstić information content (AvgIpc) is 2.66. The standard InChI is InChI=1S/C13H8F2N2O2S/c14-9-5-3-6-10(15)12(9)16-13-8-4-1-2-7-11(8)20(18,19)17-13/h1-7H,(H,16,17). The SMILES string of the molecule is O=S1(=O)N=C(Nc2c(F)cccc2F)c2ccccc21. The predicted octanol–water partition coefficient (Wildman–Crippen LogP) is 2.53. The number of hydrogen-bond donors (Lipinski definition) is 1. The zero-order chi connectivity index (χ0) is 14.3. The molecule has 0 radical (unpaired) electrons. The molecule has 0 bridgehead atoms. The summed E-state index contributed by atoms with van der Waals surface area (Å²) in [6.07, 6.45) is 0. The van der Waals surface area contributed by atoms with Crippen LogP contribution in [0.15, 0.2) is 51.8 Å². The van der Waals surface area contributed by atoms with E-state index in [1.165, 1.54) is 18.2 Å². The number of para-hydroxylation sites is 1. The molecule has 20 heavy (non-hydrogen) atoms. The fourth-order valence-corrected chi connectivity index (χ4v) is 3.11. The molecule has 0 unspecified atom stereocenters. The minimum Gasteiger partial charge on any atom is -0.334 e. The molecule has 0 saturated carbocycles. The number of halogens is 2. The summed E-state index contributed by atoms with van der Waals surface area (Å²) < 4.78 is 54.3. The van der Waals surface area contributed by atoms with Crippen LogP contribution in [0, 0.1) is 11.6 Å². The van der Waals surface area contributed by atoms with Gasteiger partial charge in [-0.15, -0.1) is 4.40 Å². The minimum absolute atomic E-state index is 0.0132. The number of nitrogens with one attached hydrogen (secondary N) is 1. The van der Waals surface area contributed by atoms with E-state index in [0.29, 0.717) is 0 Å². The lowest BCUT2D eigenvalue weighted by atomic mass is 10.2. The zero-order valence-corrected chi connectivity index (χ0v) is 10.8. The van der Waals surface area contributed by atoms with E-state index < -0.39 is 27.3 Å². The van der Waals surface area contributed by atoms with Gasteiger partial charge in [0.15, 0.2) is 5.84 Å². The Bertz CT molecular complexity index is 812. The zero-order valence-electron chi connectivity index (χ0n) is 9.97. The van der Waals surface area contributed by atoms with E-state index in [0.717, 1.165) is 12.1 Å². The van der Waals surface area contributed by atoms with Gasteiger partial charge in [-0.3, -0.25) is 0 Å². The van der Waals surface area contributed by atoms with Crippen LogP contribution < -0.4 is 5.32 Å². The number of anilines is 1. The van der Waals surface area contributed by atoms with Crippen LogP contribution in [0.3, 0.4) is 0 Å². The Labute approximate surface area is 113 Å². The van der Waals surface area contributed by atoms with Gasteiger partial charge in [-0.1, -0.05) is 18.2 Å². The van der Waals surface area contributed by atoms with Crippen LogP contribution in [-0.4, -0.2) is 14.3 Å².